The number of sulfonamides is 1. The number of alkyl halides is 3. The molecule has 7 nitrogen and oxygen atoms in total. The Balaban J connectivity index is 1.80. The minimum Gasteiger partial charge on any atom is -0.497 e. The molecular weight excluding hydrogens is 521 g/mol. The van der Waals surface area contributed by atoms with Crippen molar-refractivity contribution in [3.8, 4) is 11.5 Å². The van der Waals surface area contributed by atoms with Gasteiger partial charge in [0, 0.05) is 6.07 Å². The highest BCUT2D eigenvalue weighted by Gasteiger charge is 2.34. The number of nitrogens with one attached hydrogen (secondary N) is 1. The zero-order valence-corrected chi connectivity index (χ0v) is 20.5. The third-order valence-electron chi connectivity index (χ3n) is 4.89. The van der Waals surface area contributed by atoms with Crippen LogP contribution < -0.4 is 19.1 Å². The Labute approximate surface area is 211 Å². The van der Waals surface area contributed by atoms with Crippen LogP contribution in [0.15, 0.2) is 77.7 Å². The van der Waals surface area contributed by atoms with Crippen LogP contribution in [0, 0.1) is 0 Å². The standard InChI is InChI=1S/C24H22ClF3N2O5S/c1-34-18-6-5-7-19(15-18)35-13-12-29-23(31)16-30(36(32,33)20-8-3-2-4-9-20)22-14-17(24(26,27)28)10-11-21(22)25/h2-11,14-15H,12-13,16H2,1H3,(H,29,31). The Morgan fingerprint density at radius 2 is 1.69 bits per heavy atom. The minimum absolute atomic E-state index is 0.00555. The number of halogens is 4. The van der Waals surface area contributed by atoms with Crippen molar-refractivity contribution in [1.29, 1.82) is 0 Å². The van der Waals surface area contributed by atoms with E-state index in [0.29, 0.717) is 21.9 Å². The molecule has 3 aromatic carbocycles. The molecule has 1 N–H and O–H groups in total. The first-order valence-electron chi connectivity index (χ1n) is 10.5. The van der Waals surface area contributed by atoms with E-state index in [1.807, 2.05) is 0 Å². The molecule has 1 amide bonds. The number of benzene rings is 3. The van der Waals surface area contributed by atoms with Crippen molar-refractivity contribution in [3.63, 3.8) is 0 Å². The minimum atomic E-state index is -4.75. The fraction of sp³-hybridized carbons (Fsp3) is 0.208. The Morgan fingerprint density at radius 1 is 1.00 bits per heavy atom. The number of anilines is 1. The van der Waals surface area contributed by atoms with Gasteiger partial charge in [-0.3, -0.25) is 9.10 Å². The van der Waals surface area contributed by atoms with Gasteiger partial charge in [-0.25, -0.2) is 8.42 Å². The fourth-order valence-corrected chi connectivity index (χ4v) is 4.86. The first-order valence-corrected chi connectivity index (χ1v) is 12.3. The van der Waals surface area contributed by atoms with Crippen LogP contribution in [0.25, 0.3) is 0 Å². The molecule has 0 saturated carbocycles. The number of carbonyl (C=O) groups is 1. The molecule has 0 aromatic heterocycles. The number of ether oxygens (including phenoxy) is 2. The number of hydrogen-bond acceptors (Lipinski definition) is 5. The lowest BCUT2D eigenvalue weighted by molar-refractivity contribution is -0.137. The van der Waals surface area contributed by atoms with Crippen LogP contribution in [0.5, 0.6) is 11.5 Å². The van der Waals surface area contributed by atoms with E-state index in [1.54, 1.807) is 30.3 Å². The molecular formula is C24H22ClF3N2O5S. The van der Waals surface area contributed by atoms with E-state index < -0.39 is 39.9 Å². The van der Waals surface area contributed by atoms with Gasteiger partial charge in [-0.1, -0.05) is 35.9 Å². The average molecular weight is 543 g/mol. The normalized spacial score (nSPS) is 11.6. The first kappa shape index (κ1) is 27.2. The van der Waals surface area contributed by atoms with Gasteiger partial charge in [0.25, 0.3) is 10.0 Å². The largest absolute Gasteiger partial charge is 0.497 e. The van der Waals surface area contributed by atoms with Crippen LogP contribution in [-0.2, 0) is 21.0 Å². The van der Waals surface area contributed by atoms with Crippen molar-refractivity contribution in [1.82, 2.24) is 5.32 Å². The maximum absolute atomic E-state index is 13.3. The van der Waals surface area contributed by atoms with Gasteiger partial charge in [-0.05, 0) is 42.5 Å². The van der Waals surface area contributed by atoms with E-state index in [4.69, 9.17) is 21.1 Å². The lowest BCUT2D eigenvalue weighted by Gasteiger charge is -2.25. The van der Waals surface area contributed by atoms with Crippen molar-refractivity contribution >= 4 is 33.2 Å². The molecule has 0 unspecified atom stereocenters. The van der Waals surface area contributed by atoms with Crippen LogP contribution in [0.1, 0.15) is 5.56 Å². The molecule has 0 atom stereocenters. The van der Waals surface area contributed by atoms with Gasteiger partial charge in [-0.15, -0.1) is 0 Å². The summed E-state index contributed by atoms with van der Waals surface area (Å²) in [4.78, 5) is 12.4. The van der Waals surface area contributed by atoms with Crippen LogP contribution in [0.4, 0.5) is 18.9 Å². The Bertz CT molecular complexity index is 1300. The molecule has 12 heteroatoms. The first-order chi connectivity index (χ1) is 17.0. The lowest BCUT2D eigenvalue weighted by atomic mass is 10.2. The predicted molar refractivity (Wildman–Crippen MR) is 129 cm³/mol. The third-order valence-corrected chi connectivity index (χ3v) is 6.99. The molecule has 0 aliphatic heterocycles. The molecule has 0 saturated heterocycles. The molecule has 3 aromatic rings. The number of methoxy groups -OCH3 is 1. The third kappa shape index (κ3) is 6.82. The molecule has 0 spiro atoms. The summed E-state index contributed by atoms with van der Waals surface area (Å²) in [7, 11) is -2.93. The summed E-state index contributed by atoms with van der Waals surface area (Å²) in [6, 6.07) is 16.1. The molecule has 36 heavy (non-hydrogen) atoms. The van der Waals surface area contributed by atoms with Gasteiger partial charge in [0.05, 0.1) is 34.8 Å². The second kappa shape index (κ2) is 11.5. The summed E-state index contributed by atoms with van der Waals surface area (Å²) in [6.07, 6.45) is -4.75. The van der Waals surface area contributed by atoms with Crippen LogP contribution in [0.3, 0.4) is 0 Å². The fourth-order valence-electron chi connectivity index (χ4n) is 3.14. The summed E-state index contributed by atoms with van der Waals surface area (Å²) >= 11 is 6.10. The van der Waals surface area contributed by atoms with Gasteiger partial charge in [0.1, 0.15) is 24.7 Å². The van der Waals surface area contributed by atoms with E-state index in [1.165, 1.54) is 31.4 Å². The quantitative estimate of drug-likeness (QED) is 0.374. The van der Waals surface area contributed by atoms with Crippen molar-refractivity contribution < 1.29 is 35.9 Å². The molecule has 0 fully saturated rings. The maximum Gasteiger partial charge on any atom is 0.416 e. The Morgan fingerprint density at radius 3 is 2.36 bits per heavy atom. The highest BCUT2D eigenvalue weighted by molar-refractivity contribution is 7.92. The van der Waals surface area contributed by atoms with Gasteiger partial charge >= 0.3 is 6.18 Å². The Kier molecular flexibility index (Phi) is 8.70. The summed E-state index contributed by atoms with van der Waals surface area (Å²) < 4.78 is 77.8. The van der Waals surface area contributed by atoms with Crippen LogP contribution in [0.2, 0.25) is 5.02 Å². The van der Waals surface area contributed by atoms with Gasteiger partial charge < -0.3 is 14.8 Å². The summed E-state index contributed by atoms with van der Waals surface area (Å²) in [6.45, 7) is -0.752. The van der Waals surface area contributed by atoms with E-state index in [0.717, 1.165) is 12.1 Å². The lowest BCUT2D eigenvalue weighted by Crippen LogP contribution is -2.42. The number of hydrogen-bond donors (Lipinski definition) is 1. The molecule has 0 bridgehead atoms. The molecule has 3 rings (SSSR count). The monoisotopic (exact) mass is 542 g/mol. The Hall–Kier alpha value is -3.44. The second-order valence-corrected chi connectivity index (χ2v) is 9.64. The van der Waals surface area contributed by atoms with Gasteiger partial charge in [0.15, 0.2) is 0 Å². The molecule has 0 aliphatic carbocycles. The summed E-state index contributed by atoms with van der Waals surface area (Å²) in [5, 5.41) is 2.24. The summed E-state index contributed by atoms with van der Waals surface area (Å²) in [5.74, 6) is 0.307. The van der Waals surface area contributed by atoms with E-state index in [9.17, 15) is 26.4 Å². The highest BCUT2D eigenvalue weighted by atomic mass is 35.5. The average Bonchev–Trinajstić information content (AvgIpc) is 2.85. The van der Waals surface area contributed by atoms with Crippen LogP contribution in [-0.4, -0.2) is 41.1 Å². The van der Waals surface area contributed by atoms with E-state index in [2.05, 4.69) is 5.32 Å². The molecule has 0 radical (unpaired) electrons. The molecule has 0 heterocycles. The second-order valence-electron chi connectivity index (χ2n) is 7.37. The maximum atomic E-state index is 13.3. The topological polar surface area (TPSA) is 84.9 Å². The van der Waals surface area contributed by atoms with Crippen molar-refractivity contribution in [2.45, 2.75) is 11.1 Å². The number of carbonyl (C=O) groups excluding carboxylic acids is 1. The number of nitrogens with zero attached hydrogens (tertiary/aromatic N) is 1. The van der Waals surface area contributed by atoms with Gasteiger partial charge in [0.2, 0.25) is 5.91 Å². The highest BCUT2D eigenvalue weighted by Crippen LogP contribution is 2.37. The smallest absolute Gasteiger partial charge is 0.416 e. The van der Waals surface area contributed by atoms with E-state index >= 15 is 0 Å². The number of amides is 1. The van der Waals surface area contributed by atoms with Crippen molar-refractivity contribution in [2.75, 3.05) is 31.1 Å². The summed E-state index contributed by atoms with van der Waals surface area (Å²) in [5.41, 5.74) is -1.58. The zero-order chi connectivity index (χ0) is 26.3. The van der Waals surface area contributed by atoms with Gasteiger partial charge in [-0.2, -0.15) is 13.2 Å². The van der Waals surface area contributed by atoms with Crippen molar-refractivity contribution in [3.05, 3.63) is 83.4 Å². The zero-order valence-electron chi connectivity index (χ0n) is 19.0. The number of rotatable bonds is 10. The molecule has 0 aliphatic rings. The SMILES string of the molecule is COc1cccc(OCCNC(=O)CN(c2cc(C(F)(F)F)ccc2Cl)S(=O)(=O)c2ccccc2)c1. The van der Waals surface area contributed by atoms with Crippen LogP contribution >= 0.6 is 11.6 Å². The molecule has 192 valence electrons. The predicted octanol–water partition coefficient (Wildman–Crippen LogP) is 4.76. The van der Waals surface area contributed by atoms with E-state index in [-0.39, 0.29) is 23.1 Å². The van der Waals surface area contributed by atoms with Crippen molar-refractivity contribution in [2.24, 2.45) is 0 Å².